The van der Waals surface area contributed by atoms with Crippen molar-refractivity contribution in [2.45, 2.75) is 39.1 Å². The summed E-state index contributed by atoms with van der Waals surface area (Å²) in [5.41, 5.74) is 4.87. The summed E-state index contributed by atoms with van der Waals surface area (Å²) in [4.78, 5) is 0. The monoisotopic (exact) mass is 312 g/mol. The highest BCUT2D eigenvalue weighted by molar-refractivity contribution is 5.73. The van der Waals surface area contributed by atoms with Gasteiger partial charge in [0.2, 0.25) is 0 Å². The van der Waals surface area contributed by atoms with E-state index in [1.165, 1.54) is 22.3 Å². The molecule has 1 aliphatic heterocycles. The molecular formula is C20H24O3. The first-order valence-electron chi connectivity index (χ1n) is 8.04. The SMILES string of the molecule is COc1cccc(-c2ccccc2C)c1CC1COC(C)(C)O1. The maximum absolute atomic E-state index is 6.00. The van der Waals surface area contributed by atoms with Crippen molar-refractivity contribution in [3.8, 4) is 16.9 Å². The summed E-state index contributed by atoms with van der Waals surface area (Å²) in [6.07, 6.45) is 0.820. The van der Waals surface area contributed by atoms with Crippen LogP contribution in [0.1, 0.15) is 25.0 Å². The second-order valence-electron chi connectivity index (χ2n) is 6.46. The van der Waals surface area contributed by atoms with Crippen LogP contribution in [0.15, 0.2) is 42.5 Å². The van der Waals surface area contributed by atoms with Crippen LogP contribution >= 0.6 is 0 Å². The molecule has 3 nitrogen and oxygen atoms in total. The molecule has 0 N–H and O–H groups in total. The molecule has 0 aromatic heterocycles. The van der Waals surface area contributed by atoms with Gasteiger partial charge < -0.3 is 14.2 Å². The third kappa shape index (κ3) is 3.41. The number of ether oxygens (including phenoxy) is 3. The lowest BCUT2D eigenvalue weighted by Gasteiger charge is -2.20. The van der Waals surface area contributed by atoms with Gasteiger partial charge in [-0.1, -0.05) is 36.4 Å². The second-order valence-corrected chi connectivity index (χ2v) is 6.46. The Bertz CT molecular complexity index is 691. The van der Waals surface area contributed by atoms with Crippen LogP contribution in [0.2, 0.25) is 0 Å². The highest BCUT2D eigenvalue weighted by atomic mass is 16.7. The van der Waals surface area contributed by atoms with Crippen molar-refractivity contribution in [1.82, 2.24) is 0 Å². The molecule has 2 aromatic carbocycles. The predicted octanol–water partition coefficient (Wildman–Crippen LogP) is 4.36. The first-order chi connectivity index (χ1) is 11.0. The van der Waals surface area contributed by atoms with Gasteiger partial charge in [-0.3, -0.25) is 0 Å². The van der Waals surface area contributed by atoms with Crippen molar-refractivity contribution in [1.29, 1.82) is 0 Å². The molecule has 1 atom stereocenters. The number of hydrogen-bond donors (Lipinski definition) is 0. The molecule has 1 fully saturated rings. The number of hydrogen-bond acceptors (Lipinski definition) is 3. The first kappa shape index (κ1) is 16.0. The summed E-state index contributed by atoms with van der Waals surface area (Å²) >= 11 is 0. The summed E-state index contributed by atoms with van der Waals surface area (Å²) in [5, 5.41) is 0. The number of benzene rings is 2. The van der Waals surface area contributed by atoms with E-state index >= 15 is 0 Å². The zero-order valence-electron chi connectivity index (χ0n) is 14.3. The lowest BCUT2D eigenvalue weighted by Crippen LogP contribution is -2.22. The van der Waals surface area contributed by atoms with E-state index < -0.39 is 5.79 Å². The molecule has 0 radical (unpaired) electrons. The van der Waals surface area contributed by atoms with Crippen molar-refractivity contribution in [2.75, 3.05) is 13.7 Å². The molecule has 2 aromatic rings. The smallest absolute Gasteiger partial charge is 0.163 e. The van der Waals surface area contributed by atoms with Crippen LogP contribution < -0.4 is 4.74 Å². The van der Waals surface area contributed by atoms with E-state index in [0.29, 0.717) is 6.61 Å². The van der Waals surface area contributed by atoms with E-state index in [2.05, 4.69) is 37.3 Å². The van der Waals surface area contributed by atoms with Crippen molar-refractivity contribution in [2.24, 2.45) is 0 Å². The fourth-order valence-electron chi connectivity index (χ4n) is 3.19. The Labute approximate surface area is 138 Å². The van der Waals surface area contributed by atoms with Crippen molar-refractivity contribution >= 4 is 0 Å². The molecule has 0 bridgehead atoms. The summed E-state index contributed by atoms with van der Waals surface area (Å²) < 4.78 is 17.3. The van der Waals surface area contributed by atoms with Gasteiger partial charge in [-0.15, -0.1) is 0 Å². The predicted molar refractivity (Wildman–Crippen MR) is 91.8 cm³/mol. The second kappa shape index (κ2) is 6.34. The van der Waals surface area contributed by atoms with E-state index in [0.717, 1.165) is 12.2 Å². The van der Waals surface area contributed by atoms with Crippen molar-refractivity contribution < 1.29 is 14.2 Å². The molecule has 3 heteroatoms. The third-order valence-corrected chi connectivity index (χ3v) is 4.29. The van der Waals surface area contributed by atoms with E-state index in [4.69, 9.17) is 14.2 Å². The lowest BCUT2D eigenvalue weighted by atomic mass is 9.92. The molecule has 122 valence electrons. The number of aryl methyl sites for hydroxylation is 1. The van der Waals surface area contributed by atoms with Crippen LogP contribution in [0.25, 0.3) is 11.1 Å². The Morgan fingerprint density at radius 2 is 1.83 bits per heavy atom. The third-order valence-electron chi connectivity index (χ3n) is 4.29. The van der Waals surface area contributed by atoms with Crippen LogP contribution in [-0.4, -0.2) is 25.6 Å². The fourth-order valence-corrected chi connectivity index (χ4v) is 3.19. The summed E-state index contributed by atoms with van der Waals surface area (Å²) in [6.45, 7) is 6.66. The van der Waals surface area contributed by atoms with Gasteiger partial charge in [0.05, 0.1) is 19.8 Å². The largest absolute Gasteiger partial charge is 0.496 e. The Kier molecular flexibility index (Phi) is 4.42. The van der Waals surface area contributed by atoms with Crippen LogP contribution in [0.3, 0.4) is 0 Å². The van der Waals surface area contributed by atoms with Gasteiger partial charge in [-0.05, 0) is 43.5 Å². The van der Waals surface area contributed by atoms with Gasteiger partial charge in [0.15, 0.2) is 5.79 Å². The Morgan fingerprint density at radius 3 is 2.48 bits per heavy atom. The maximum atomic E-state index is 6.00. The molecule has 1 unspecified atom stereocenters. The Morgan fingerprint density at radius 1 is 1.09 bits per heavy atom. The van der Waals surface area contributed by atoms with Gasteiger partial charge in [-0.2, -0.15) is 0 Å². The molecule has 1 saturated heterocycles. The average Bonchev–Trinajstić information content (AvgIpc) is 2.87. The molecular weight excluding hydrogens is 288 g/mol. The van der Waals surface area contributed by atoms with Crippen molar-refractivity contribution in [3.63, 3.8) is 0 Å². The highest BCUT2D eigenvalue weighted by Crippen LogP contribution is 2.35. The highest BCUT2D eigenvalue weighted by Gasteiger charge is 2.33. The molecule has 3 rings (SSSR count). The van der Waals surface area contributed by atoms with Gasteiger partial charge >= 0.3 is 0 Å². The molecule has 1 heterocycles. The van der Waals surface area contributed by atoms with Crippen LogP contribution in [-0.2, 0) is 15.9 Å². The minimum Gasteiger partial charge on any atom is -0.496 e. The lowest BCUT2D eigenvalue weighted by molar-refractivity contribution is -0.138. The van der Waals surface area contributed by atoms with Crippen LogP contribution in [0, 0.1) is 6.92 Å². The van der Waals surface area contributed by atoms with Crippen molar-refractivity contribution in [3.05, 3.63) is 53.6 Å². The average molecular weight is 312 g/mol. The number of rotatable bonds is 4. The van der Waals surface area contributed by atoms with E-state index in [1.807, 2.05) is 26.0 Å². The van der Waals surface area contributed by atoms with Gasteiger partial charge in [0, 0.05) is 12.0 Å². The molecule has 0 saturated carbocycles. The number of methoxy groups -OCH3 is 1. The summed E-state index contributed by atoms with van der Waals surface area (Å²) in [6, 6.07) is 14.6. The standard InChI is InChI=1S/C20H24O3/c1-14-8-5-6-9-16(14)17-10-7-11-19(21-4)18(17)12-15-13-22-20(2,3)23-15/h5-11,15H,12-13H2,1-4H3. The quantitative estimate of drug-likeness (QED) is 0.839. The van der Waals surface area contributed by atoms with Crippen LogP contribution in [0.5, 0.6) is 5.75 Å². The zero-order chi connectivity index (χ0) is 16.4. The Balaban J connectivity index is 1.99. The minimum absolute atomic E-state index is 0.0454. The fraction of sp³-hybridized carbons (Fsp3) is 0.400. The first-order valence-corrected chi connectivity index (χ1v) is 8.04. The van der Waals surface area contributed by atoms with Gasteiger partial charge in [-0.25, -0.2) is 0 Å². The topological polar surface area (TPSA) is 27.7 Å². The summed E-state index contributed by atoms with van der Waals surface area (Å²) in [7, 11) is 1.72. The molecule has 0 spiro atoms. The van der Waals surface area contributed by atoms with E-state index in [-0.39, 0.29) is 6.10 Å². The molecule has 1 aliphatic rings. The summed E-state index contributed by atoms with van der Waals surface area (Å²) in [5.74, 6) is 0.397. The maximum Gasteiger partial charge on any atom is 0.163 e. The normalized spacial score (nSPS) is 19.7. The van der Waals surface area contributed by atoms with Gasteiger partial charge in [0.1, 0.15) is 5.75 Å². The molecule has 0 aliphatic carbocycles. The van der Waals surface area contributed by atoms with E-state index in [1.54, 1.807) is 7.11 Å². The van der Waals surface area contributed by atoms with E-state index in [9.17, 15) is 0 Å². The minimum atomic E-state index is -0.504. The van der Waals surface area contributed by atoms with Crippen LogP contribution in [0.4, 0.5) is 0 Å². The molecule has 23 heavy (non-hydrogen) atoms. The zero-order valence-corrected chi connectivity index (χ0v) is 14.3. The molecule has 0 amide bonds. The Hall–Kier alpha value is -1.84. The van der Waals surface area contributed by atoms with Gasteiger partial charge in [0.25, 0.3) is 0 Å².